The Morgan fingerprint density at radius 2 is 2.11 bits per heavy atom. The van der Waals surface area contributed by atoms with Gasteiger partial charge in [0.15, 0.2) is 5.78 Å². The van der Waals surface area contributed by atoms with Gasteiger partial charge in [0.1, 0.15) is 5.75 Å². The number of methoxy groups -OCH3 is 1. The molecule has 0 N–H and O–H groups in total. The molecule has 0 bridgehead atoms. The number of ketones is 1. The zero-order valence-corrected chi connectivity index (χ0v) is 11.8. The van der Waals surface area contributed by atoms with Gasteiger partial charge in [-0.2, -0.15) is 0 Å². The van der Waals surface area contributed by atoms with Crippen LogP contribution in [0.3, 0.4) is 0 Å². The van der Waals surface area contributed by atoms with Crippen molar-refractivity contribution in [3.05, 3.63) is 23.2 Å². The molecule has 0 atom stereocenters. The highest BCUT2D eigenvalue weighted by Gasteiger charge is 2.38. The van der Waals surface area contributed by atoms with Crippen LogP contribution >= 0.6 is 11.6 Å². The number of carbonyl (C=O) groups is 1. The molecule has 1 aromatic carbocycles. The highest BCUT2D eigenvalue weighted by atomic mass is 35.5. The van der Waals surface area contributed by atoms with E-state index in [1.807, 2.05) is 26.0 Å². The van der Waals surface area contributed by atoms with Crippen LogP contribution in [0.25, 0.3) is 0 Å². The predicted molar refractivity (Wildman–Crippen MR) is 73.7 cm³/mol. The molecule has 0 aromatic heterocycles. The Morgan fingerprint density at radius 3 is 2.78 bits per heavy atom. The van der Waals surface area contributed by atoms with Crippen molar-refractivity contribution in [1.29, 1.82) is 0 Å². The first-order valence-corrected chi connectivity index (χ1v) is 6.49. The van der Waals surface area contributed by atoms with Crippen LogP contribution in [0.2, 0.25) is 5.02 Å². The molecule has 98 valence electrons. The fourth-order valence-corrected chi connectivity index (χ4v) is 2.60. The second-order valence-corrected chi connectivity index (χ2v) is 5.49. The molecule has 0 aliphatic carbocycles. The van der Waals surface area contributed by atoms with E-state index in [4.69, 9.17) is 16.3 Å². The lowest BCUT2D eigenvalue weighted by Crippen LogP contribution is -2.54. The van der Waals surface area contributed by atoms with Gasteiger partial charge < -0.3 is 9.64 Å². The third-order valence-electron chi connectivity index (χ3n) is 3.57. The highest BCUT2D eigenvalue weighted by molar-refractivity contribution is 6.31. The highest BCUT2D eigenvalue weighted by Crippen LogP contribution is 2.38. The number of hydrogen-bond donors (Lipinski definition) is 0. The van der Waals surface area contributed by atoms with Crippen LogP contribution in [-0.4, -0.2) is 25.0 Å². The molecule has 0 saturated carbocycles. The SMILES string of the molecule is COc1ccc(Cl)cc1N1CCCC(=O)C1(C)C. The van der Waals surface area contributed by atoms with Gasteiger partial charge in [0.25, 0.3) is 0 Å². The van der Waals surface area contributed by atoms with Crippen LogP contribution in [0.5, 0.6) is 5.75 Å². The van der Waals surface area contributed by atoms with E-state index < -0.39 is 5.54 Å². The molecular formula is C14H18ClNO2. The van der Waals surface area contributed by atoms with Gasteiger partial charge in [-0.25, -0.2) is 0 Å². The number of nitrogens with zero attached hydrogens (tertiary/aromatic N) is 1. The summed E-state index contributed by atoms with van der Waals surface area (Å²) in [6.07, 6.45) is 1.52. The zero-order chi connectivity index (χ0) is 13.3. The van der Waals surface area contributed by atoms with Crippen LogP contribution in [0.4, 0.5) is 5.69 Å². The van der Waals surface area contributed by atoms with Crippen LogP contribution in [0.15, 0.2) is 18.2 Å². The van der Waals surface area contributed by atoms with Crippen molar-refractivity contribution < 1.29 is 9.53 Å². The van der Waals surface area contributed by atoms with Crippen molar-refractivity contribution in [2.75, 3.05) is 18.6 Å². The van der Waals surface area contributed by atoms with Gasteiger partial charge in [-0.3, -0.25) is 4.79 Å². The number of halogens is 1. The summed E-state index contributed by atoms with van der Waals surface area (Å²) in [5.41, 5.74) is 0.388. The number of Topliss-reactive ketones (excluding diaryl/α,β-unsaturated/α-hetero) is 1. The molecule has 0 amide bonds. The largest absolute Gasteiger partial charge is 0.495 e. The summed E-state index contributed by atoms with van der Waals surface area (Å²) in [5.74, 6) is 1.01. The lowest BCUT2D eigenvalue weighted by atomic mass is 9.88. The molecule has 4 heteroatoms. The summed E-state index contributed by atoms with van der Waals surface area (Å²) < 4.78 is 5.37. The van der Waals surface area contributed by atoms with E-state index in [9.17, 15) is 4.79 Å². The molecular weight excluding hydrogens is 250 g/mol. The van der Waals surface area contributed by atoms with Crippen molar-refractivity contribution in [1.82, 2.24) is 0 Å². The number of anilines is 1. The van der Waals surface area contributed by atoms with Crippen molar-refractivity contribution in [2.24, 2.45) is 0 Å². The van der Waals surface area contributed by atoms with Gasteiger partial charge in [-0.05, 0) is 38.5 Å². The normalized spacial score (nSPS) is 18.9. The minimum Gasteiger partial charge on any atom is -0.495 e. The maximum absolute atomic E-state index is 12.1. The molecule has 1 fully saturated rings. The monoisotopic (exact) mass is 267 g/mol. The molecule has 0 unspecified atom stereocenters. The van der Waals surface area contributed by atoms with E-state index in [1.165, 1.54) is 0 Å². The molecule has 1 saturated heterocycles. The molecule has 0 spiro atoms. The average Bonchev–Trinajstić information content (AvgIpc) is 2.32. The minimum atomic E-state index is -0.504. The summed E-state index contributed by atoms with van der Waals surface area (Å²) in [5, 5.41) is 0.652. The van der Waals surface area contributed by atoms with Crippen molar-refractivity contribution >= 4 is 23.1 Å². The quantitative estimate of drug-likeness (QED) is 0.823. The maximum Gasteiger partial charge on any atom is 0.157 e. The van der Waals surface area contributed by atoms with Crippen molar-refractivity contribution in [3.63, 3.8) is 0 Å². The number of piperidine rings is 1. The van der Waals surface area contributed by atoms with Gasteiger partial charge >= 0.3 is 0 Å². The number of benzene rings is 1. The first kappa shape index (κ1) is 13.2. The van der Waals surface area contributed by atoms with E-state index in [-0.39, 0.29) is 5.78 Å². The van der Waals surface area contributed by atoms with Crippen molar-refractivity contribution in [3.8, 4) is 5.75 Å². The molecule has 0 radical (unpaired) electrons. The summed E-state index contributed by atoms with van der Waals surface area (Å²) in [7, 11) is 1.63. The Kier molecular flexibility index (Phi) is 3.53. The standard InChI is InChI=1S/C14H18ClNO2/c1-14(2)13(17)5-4-8-16(14)11-9-10(15)6-7-12(11)18-3/h6-7,9H,4-5,8H2,1-3H3. The average molecular weight is 268 g/mol. The number of hydrogen-bond acceptors (Lipinski definition) is 3. The van der Waals surface area contributed by atoms with E-state index in [0.717, 1.165) is 24.4 Å². The molecule has 18 heavy (non-hydrogen) atoms. The summed E-state index contributed by atoms with van der Waals surface area (Å²) in [6.45, 7) is 4.75. The number of ether oxygens (including phenoxy) is 1. The van der Waals surface area contributed by atoms with E-state index in [0.29, 0.717) is 11.4 Å². The smallest absolute Gasteiger partial charge is 0.157 e. The van der Waals surface area contributed by atoms with Crippen LogP contribution < -0.4 is 9.64 Å². The number of carbonyl (C=O) groups excluding carboxylic acids is 1. The first-order chi connectivity index (χ1) is 8.46. The molecule has 1 aliphatic heterocycles. The third-order valence-corrected chi connectivity index (χ3v) is 3.81. The number of rotatable bonds is 2. The second-order valence-electron chi connectivity index (χ2n) is 5.05. The predicted octanol–water partition coefficient (Wildman–Crippen LogP) is 3.30. The zero-order valence-electron chi connectivity index (χ0n) is 11.0. The summed E-state index contributed by atoms with van der Waals surface area (Å²) >= 11 is 6.06. The first-order valence-electron chi connectivity index (χ1n) is 6.11. The van der Waals surface area contributed by atoms with Gasteiger partial charge in [0.2, 0.25) is 0 Å². The van der Waals surface area contributed by atoms with Gasteiger partial charge in [-0.15, -0.1) is 0 Å². The lowest BCUT2D eigenvalue weighted by molar-refractivity contribution is -0.124. The fourth-order valence-electron chi connectivity index (χ4n) is 2.43. The van der Waals surface area contributed by atoms with Crippen LogP contribution in [0.1, 0.15) is 26.7 Å². The van der Waals surface area contributed by atoms with Gasteiger partial charge in [0.05, 0.1) is 18.3 Å². The Balaban J connectivity index is 2.46. The summed E-state index contributed by atoms with van der Waals surface area (Å²) in [4.78, 5) is 14.2. The molecule has 2 rings (SSSR count). The van der Waals surface area contributed by atoms with Crippen LogP contribution in [-0.2, 0) is 4.79 Å². The van der Waals surface area contributed by atoms with E-state index in [1.54, 1.807) is 13.2 Å². The maximum atomic E-state index is 12.1. The van der Waals surface area contributed by atoms with Crippen LogP contribution in [0, 0.1) is 0 Å². The fraction of sp³-hybridized carbons (Fsp3) is 0.500. The molecule has 1 aromatic rings. The van der Waals surface area contributed by atoms with E-state index in [2.05, 4.69) is 4.90 Å². The van der Waals surface area contributed by atoms with E-state index >= 15 is 0 Å². The third kappa shape index (κ3) is 2.19. The molecule has 1 heterocycles. The minimum absolute atomic E-state index is 0.260. The molecule has 1 aliphatic rings. The van der Waals surface area contributed by atoms with Gasteiger partial charge in [0, 0.05) is 18.0 Å². The topological polar surface area (TPSA) is 29.5 Å². The Hall–Kier alpha value is -1.22. The van der Waals surface area contributed by atoms with Gasteiger partial charge in [-0.1, -0.05) is 11.6 Å². The Morgan fingerprint density at radius 1 is 1.39 bits per heavy atom. The summed E-state index contributed by atoms with van der Waals surface area (Å²) in [6, 6.07) is 5.50. The Labute approximate surface area is 113 Å². The second kappa shape index (κ2) is 4.81. The molecule has 3 nitrogen and oxygen atoms in total. The van der Waals surface area contributed by atoms with Crippen molar-refractivity contribution in [2.45, 2.75) is 32.2 Å². The lowest BCUT2D eigenvalue weighted by Gasteiger charge is -2.43. The Bertz CT molecular complexity index is 471.